The molecule has 2 aliphatic carbocycles. The molecular weight excluding hydrogens is 394 g/mol. The Labute approximate surface area is 168 Å². The van der Waals surface area contributed by atoms with E-state index in [2.05, 4.69) is 20.8 Å². The highest BCUT2D eigenvalue weighted by atomic mass is 32.2. The predicted octanol–water partition coefficient (Wildman–Crippen LogP) is 1.98. The number of carbonyl (C=O) groups excluding carboxylic acids is 1. The number of aryl methyl sites for hydroxylation is 2. The third-order valence-corrected chi connectivity index (χ3v) is 7.19. The van der Waals surface area contributed by atoms with Crippen molar-refractivity contribution in [3.63, 3.8) is 0 Å². The zero-order valence-electron chi connectivity index (χ0n) is 16.1. The maximum absolute atomic E-state index is 13.1. The fraction of sp³-hybridized carbons (Fsp3) is 0.474. The van der Waals surface area contributed by atoms with Crippen LogP contribution in [0.2, 0.25) is 0 Å². The van der Waals surface area contributed by atoms with Gasteiger partial charge in [0.05, 0.1) is 12.8 Å². The van der Waals surface area contributed by atoms with E-state index < -0.39 is 15.9 Å². The van der Waals surface area contributed by atoms with E-state index in [-0.39, 0.29) is 16.8 Å². The van der Waals surface area contributed by atoms with E-state index in [9.17, 15) is 9.00 Å². The van der Waals surface area contributed by atoms with Crippen LogP contribution in [-0.2, 0) is 40.3 Å². The molecule has 10 heteroatoms. The molecule has 1 aromatic heterocycles. The van der Waals surface area contributed by atoms with Crippen molar-refractivity contribution in [2.75, 3.05) is 25.6 Å². The van der Waals surface area contributed by atoms with Gasteiger partial charge in [-0.3, -0.25) is 0 Å². The number of carbonyl (C=O) groups is 1. The molecule has 29 heavy (non-hydrogen) atoms. The first-order chi connectivity index (χ1) is 14.0. The number of nitrogens with one attached hydrogen (secondary N) is 1. The van der Waals surface area contributed by atoms with E-state index in [1.54, 1.807) is 11.8 Å². The minimum absolute atomic E-state index is 0.123. The Kier molecular flexibility index (Phi) is 4.37. The first-order valence-electron chi connectivity index (χ1n) is 9.69. The molecule has 1 unspecified atom stereocenters. The van der Waals surface area contributed by atoms with Gasteiger partial charge >= 0.3 is 6.03 Å². The lowest BCUT2D eigenvalue weighted by molar-refractivity contribution is 0.145. The molecule has 0 spiro atoms. The second kappa shape index (κ2) is 6.82. The summed E-state index contributed by atoms with van der Waals surface area (Å²) in [6.07, 6.45) is 6.35. The molecule has 1 aromatic carbocycles. The van der Waals surface area contributed by atoms with Crippen LogP contribution in [-0.4, -0.2) is 40.3 Å². The average molecular weight is 417 g/mol. The van der Waals surface area contributed by atoms with Crippen LogP contribution < -0.4 is 15.2 Å². The Morgan fingerprint density at radius 3 is 2.93 bits per heavy atom. The molecule has 5 rings (SSSR count). The van der Waals surface area contributed by atoms with E-state index in [0.717, 1.165) is 43.4 Å². The molecule has 9 nitrogen and oxygen atoms in total. The van der Waals surface area contributed by atoms with Gasteiger partial charge in [0, 0.05) is 12.8 Å². The minimum atomic E-state index is -3.51. The number of aromatic nitrogens is 2. The van der Waals surface area contributed by atoms with Crippen molar-refractivity contribution >= 4 is 21.6 Å². The molecule has 0 saturated heterocycles. The van der Waals surface area contributed by atoms with E-state index >= 15 is 0 Å². The number of urea groups is 1. The predicted molar refractivity (Wildman–Crippen MR) is 107 cm³/mol. The Hall–Kier alpha value is -2.43. The number of anilines is 1. The van der Waals surface area contributed by atoms with Crippen LogP contribution in [0.1, 0.15) is 34.7 Å². The van der Waals surface area contributed by atoms with Gasteiger partial charge in [-0.15, -0.1) is 4.36 Å². The van der Waals surface area contributed by atoms with Crippen LogP contribution in [0.3, 0.4) is 0 Å². The van der Waals surface area contributed by atoms with Gasteiger partial charge in [-0.25, -0.2) is 18.8 Å². The first-order valence-corrected chi connectivity index (χ1v) is 11.3. The molecule has 2 aromatic rings. The lowest BCUT2D eigenvalue weighted by Crippen LogP contribution is -2.21. The largest absolute Gasteiger partial charge is 0.475 e. The molecular formula is C19H23N5O4S. The number of nitrogens with zero attached hydrogens (tertiary/aromatic N) is 3. The summed E-state index contributed by atoms with van der Waals surface area (Å²) in [5.74, 6) is 0.279. The minimum Gasteiger partial charge on any atom is -0.475 e. The lowest BCUT2D eigenvalue weighted by atomic mass is 9.83. The molecule has 0 bridgehead atoms. The molecule has 154 valence electrons. The van der Waals surface area contributed by atoms with E-state index in [1.807, 2.05) is 0 Å². The van der Waals surface area contributed by atoms with Gasteiger partial charge in [0.2, 0.25) is 5.88 Å². The Balaban J connectivity index is 1.44. The number of nitrogens with two attached hydrogens (primary N) is 1. The summed E-state index contributed by atoms with van der Waals surface area (Å²) < 4.78 is 29.2. The molecule has 2 heterocycles. The number of methoxy groups -OCH3 is 1. The highest BCUT2D eigenvalue weighted by molar-refractivity contribution is 7.91. The van der Waals surface area contributed by atoms with Crippen molar-refractivity contribution in [3.05, 3.63) is 34.5 Å². The van der Waals surface area contributed by atoms with E-state index in [0.29, 0.717) is 13.2 Å². The third-order valence-electron chi connectivity index (χ3n) is 5.85. The Morgan fingerprint density at radius 1 is 1.38 bits per heavy atom. The van der Waals surface area contributed by atoms with Crippen LogP contribution >= 0.6 is 0 Å². The fourth-order valence-corrected chi connectivity index (χ4v) is 5.38. The average Bonchev–Trinajstić information content (AvgIpc) is 3.34. The van der Waals surface area contributed by atoms with E-state index in [4.69, 9.17) is 14.6 Å². The number of ether oxygens (including phenoxy) is 2. The second-order valence-corrected chi connectivity index (χ2v) is 9.41. The third kappa shape index (κ3) is 3.02. The fourth-order valence-electron chi connectivity index (χ4n) is 4.39. The number of hydrogen-bond donors (Lipinski definition) is 2. The molecule has 2 amide bonds. The van der Waals surface area contributed by atoms with Crippen molar-refractivity contribution < 1.29 is 18.5 Å². The maximum Gasteiger partial charge on any atom is 0.354 e. The maximum atomic E-state index is 13.1. The quantitative estimate of drug-likeness (QED) is 0.788. The van der Waals surface area contributed by atoms with Gasteiger partial charge in [0.25, 0.3) is 0 Å². The summed E-state index contributed by atoms with van der Waals surface area (Å²) >= 11 is 0. The van der Waals surface area contributed by atoms with Gasteiger partial charge in [0.15, 0.2) is 9.92 Å². The summed E-state index contributed by atoms with van der Waals surface area (Å²) in [4.78, 5) is 12.8. The number of amides is 2. The monoisotopic (exact) mass is 417 g/mol. The van der Waals surface area contributed by atoms with Crippen molar-refractivity contribution in [3.8, 4) is 5.88 Å². The van der Waals surface area contributed by atoms with Crippen LogP contribution in [0.25, 0.3) is 0 Å². The van der Waals surface area contributed by atoms with Crippen LogP contribution in [0.15, 0.2) is 21.5 Å². The lowest BCUT2D eigenvalue weighted by Gasteiger charge is -2.25. The molecule has 0 radical (unpaired) electrons. The molecule has 0 saturated carbocycles. The topological polar surface area (TPSA) is 121 Å². The summed E-state index contributed by atoms with van der Waals surface area (Å²) in [6.45, 7) is 0.746. The summed E-state index contributed by atoms with van der Waals surface area (Å²) in [5, 5.41) is 13.0. The van der Waals surface area contributed by atoms with Crippen molar-refractivity contribution in [1.29, 1.82) is 0 Å². The number of rotatable bonds is 4. The van der Waals surface area contributed by atoms with Gasteiger partial charge in [-0.2, -0.15) is 5.10 Å². The zero-order valence-corrected chi connectivity index (χ0v) is 17.0. The van der Waals surface area contributed by atoms with Gasteiger partial charge < -0.3 is 14.8 Å². The van der Waals surface area contributed by atoms with Gasteiger partial charge in [-0.1, -0.05) is 6.07 Å². The van der Waals surface area contributed by atoms with Crippen LogP contribution in [0, 0.1) is 0 Å². The molecule has 3 N–H and O–H groups in total. The SMILES string of the molecule is COC[C@@H]1COc2c(S(N)(=O)=NC(=O)Nc3c4c(cc5c3CC5)CCC4)cnn21. The summed E-state index contributed by atoms with van der Waals surface area (Å²) in [7, 11) is -1.92. The Morgan fingerprint density at radius 2 is 2.17 bits per heavy atom. The molecule has 0 fully saturated rings. The second-order valence-electron chi connectivity index (χ2n) is 7.65. The number of fused-ring (bicyclic) bond motifs is 3. The van der Waals surface area contributed by atoms with E-state index in [1.165, 1.54) is 22.9 Å². The highest BCUT2D eigenvalue weighted by Gasteiger charge is 2.32. The highest BCUT2D eigenvalue weighted by Crippen LogP contribution is 2.40. The van der Waals surface area contributed by atoms with Gasteiger partial charge in [-0.05, 0) is 54.4 Å². The smallest absolute Gasteiger partial charge is 0.354 e. The summed E-state index contributed by atoms with van der Waals surface area (Å²) in [6, 6.07) is 1.42. The van der Waals surface area contributed by atoms with Crippen molar-refractivity contribution in [2.45, 2.75) is 43.0 Å². The number of hydrogen-bond acceptors (Lipinski definition) is 5. The molecule has 2 atom stereocenters. The van der Waals surface area contributed by atoms with Crippen molar-refractivity contribution in [2.24, 2.45) is 9.50 Å². The standard InChI is InChI=1S/C19H23N5O4S/c1-27-9-13-10-28-18-16(8-21-24(13)18)29(20,26)23-19(25)22-17-14-4-2-3-11(14)7-12-5-6-15(12)17/h7-8,13H,2-6,9-10H2,1H3,(H3,20,22,23,25,26)/t13-,29?/m1/s1. The summed E-state index contributed by atoms with van der Waals surface area (Å²) in [5.41, 5.74) is 5.74. The normalized spacial score (nSPS) is 20.7. The Bertz CT molecular complexity index is 1130. The zero-order chi connectivity index (χ0) is 20.2. The number of benzene rings is 1. The first kappa shape index (κ1) is 18.6. The molecule has 3 aliphatic rings. The van der Waals surface area contributed by atoms with Gasteiger partial charge in [0.1, 0.15) is 17.5 Å². The van der Waals surface area contributed by atoms with Crippen LogP contribution in [0.5, 0.6) is 5.88 Å². The molecule has 1 aliphatic heterocycles. The van der Waals surface area contributed by atoms with Crippen LogP contribution in [0.4, 0.5) is 10.5 Å². The van der Waals surface area contributed by atoms with Crippen molar-refractivity contribution in [1.82, 2.24) is 9.78 Å².